The maximum atomic E-state index is 14.9. The van der Waals surface area contributed by atoms with Crippen LogP contribution < -0.4 is 0 Å². The summed E-state index contributed by atoms with van der Waals surface area (Å²) < 4.78 is 28.6. The van der Waals surface area contributed by atoms with Gasteiger partial charge in [-0.15, -0.1) is 0 Å². The lowest BCUT2D eigenvalue weighted by Crippen LogP contribution is -2.50. The number of benzene rings is 1. The minimum atomic E-state index is -0.570. The molecule has 214 valence electrons. The van der Waals surface area contributed by atoms with E-state index in [1.807, 2.05) is 0 Å². The Balaban J connectivity index is 1.51. The third-order valence-corrected chi connectivity index (χ3v) is 10.3. The second-order valence-corrected chi connectivity index (χ2v) is 13.3. The van der Waals surface area contributed by atoms with Crippen molar-refractivity contribution in [1.29, 1.82) is 0 Å². The zero-order valence-corrected chi connectivity index (χ0v) is 24.6. The van der Waals surface area contributed by atoms with Crippen LogP contribution in [-0.4, -0.2) is 72.0 Å². The van der Waals surface area contributed by atoms with Crippen LogP contribution >= 0.6 is 0 Å². The van der Waals surface area contributed by atoms with E-state index in [1.165, 1.54) is 44.6 Å². The Kier molecular flexibility index (Phi) is 9.55. The zero-order chi connectivity index (χ0) is 27.5. The number of hydrogen-bond acceptors (Lipinski definition) is 3. The first-order valence-corrected chi connectivity index (χ1v) is 15.3. The summed E-state index contributed by atoms with van der Waals surface area (Å²) in [6.07, 6.45) is 10.1. The highest BCUT2D eigenvalue weighted by atomic mass is 19.1. The van der Waals surface area contributed by atoms with E-state index in [0.717, 1.165) is 57.5 Å². The highest BCUT2D eigenvalue weighted by molar-refractivity contribution is 5.81. The van der Waals surface area contributed by atoms with Gasteiger partial charge >= 0.3 is 0 Å². The van der Waals surface area contributed by atoms with E-state index in [-0.39, 0.29) is 23.3 Å². The van der Waals surface area contributed by atoms with Crippen LogP contribution in [0.15, 0.2) is 18.2 Å². The molecule has 4 rings (SSSR count). The van der Waals surface area contributed by atoms with Crippen molar-refractivity contribution in [2.24, 2.45) is 17.3 Å². The molecule has 0 aromatic heterocycles. The van der Waals surface area contributed by atoms with Gasteiger partial charge < -0.3 is 9.80 Å². The van der Waals surface area contributed by atoms with Gasteiger partial charge in [0, 0.05) is 43.7 Å². The fourth-order valence-corrected chi connectivity index (χ4v) is 7.62. The summed E-state index contributed by atoms with van der Waals surface area (Å²) in [4.78, 5) is 21.0. The molecular formula is C32H51F2N3O. The van der Waals surface area contributed by atoms with Gasteiger partial charge in [-0.1, -0.05) is 39.2 Å². The number of halogens is 2. The van der Waals surface area contributed by atoms with Crippen LogP contribution in [0.1, 0.15) is 97.5 Å². The van der Waals surface area contributed by atoms with Gasteiger partial charge in [0.15, 0.2) is 0 Å². The quantitative estimate of drug-likeness (QED) is 0.373. The lowest BCUT2D eigenvalue weighted by atomic mass is 9.62. The van der Waals surface area contributed by atoms with E-state index in [1.54, 1.807) is 6.07 Å². The van der Waals surface area contributed by atoms with Crippen molar-refractivity contribution < 1.29 is 13.6 Å². The Labute approximate surface area is 230 Å². The Morgan fingerprint density at radius 2 is 1.68 bits per heavy atom. The molecule has 0 radical (unpaired) electrons. The molecule has 0 N–H and O–H groups in total. The number of piperidine rings is 1. The van der Waals surface area contributed by atoms with Crippen molar-refractivity contribution in [2.75, 3.05) is 45.8 Å². The van der Waals surface area contributed by atoms with Gasteiger partial charge in [-0.2, -0.15) is 0 Å². The second kappa shape index (κ2) is 12.3. The molecule has 6 heteroatoms. The smallest absolute Gasteiger partial charge is 0.227 e. The summed E-state index contributed by atoms with van der Waals surface area (Å²) in [5.41, 5.74) is 0.686. The average Bonchev–Trinajstić information content (AvgIpc) is 3.36. The fourth-order valence-electron chi connectivity index (χ4n) is 7.62. The van der Waals surface area contributed by atoms with Crippen LogP contribution in [0.25, 0.3) is 0 Å². The average molecular weight is 532 g/mol. The normalized spacial score (nSPS) is 25.3. The Morgan fingerprint density at radius 1 is 1.03 bits per heavy atom. The van der Waals surface area contributed by atoms with Crippen LogP contribution in [0.2, 0.25) is 0 Å². The molecule has 3 fully saturated rings. The van der Waals surface area contributed by atoms with Gasteiger partial charge in [0.1, 0.15) is 11.6 Å². The van der Waals surface area contributed by atoms with Crippen molar-refractivity contribution >= 4 is 5.91 Å². The number of carbonyl (C=O) groups excluding carboxylic acids is 1. The predicted octanol–water partition coefficient (Wildman–Crippen LogP) is 6.70. The monoisotopic (exact) mass is 531 g/mol. The molecular weight excluding hydrogens is 480 g/mol. The van der Waals surface area contributed by atoms with Gasteiger partial charge in [-0.3, -0.25) is 9.69 Å². The highest BCUT2D eigenvalue weighted by Crippen LogP contribution is 2.49. The summed E-state index contributed by atoms with van der Waals surface area (Å²) in [6.45, 7) is 17.1. The predicted molar refractivity (Wildman–Crippen MR) is 151 cm³/mol. The number of hydrogen-bond donors (Lipinski definition) is 0. The first-order valence-electron chi connectivity index (χ1n) is 15.3. The van der Waals surface area contributed by atoms with Gasteiger partial charge in [-0.25, -0.2) is 8.78 Å². The maximum Gasteiger partial charge on any atom is 0.227 e. The van der Waals surface area contributed by atoms with Crippen LogP contribution in [0.4, 0.5) is 8.78 Å². The fraction of sp³-hybridized carbons (Fsp3) is 0.781. The Bertz CT molecular complexity index is 927. The second-order valence-electron chi connectivity index (χ2n) is 13.3. The molecule has 1 amide bonds. The lowest BCUT2D eigenvalue weighted by Gasteiger charge is -2.49. The molecule has 0 spiro atoms. The first-order chi connectivity index (χ1) is 18.1. The highest BCUT2D eigenvalue weighted by Gasteiger charge is 2.47. The van der Waals surface area contributed by atoms with E-state index in [9.17, 15) is 13.6 Å². The largest absolute Gasteiger partial charge is 0.342 e. The molecule has 1 unspecified atom stereocenters. The molecule has 2 saturated heterocycles. The van der Waals surface area contributed by atoms with Crippen molar-refractivity contribution in [3.63, 3.8) is 0 Å². The number of amides is 1. The van der Waals surface area contributed by atoms with E-state index >= 15 is 0 Å². The minimum absolute atomic E-state index is 0.119. The lowest BCUT2D eigenvalue weighted by molar-refractivity contribution is -0.139. The molecule has 1 aromatic rings. The third-order valence-electron chi connectivity index (χ3n) is 10.3. The maximum absolute atomic E-state index is 14.9. The van der Waals surface area contributed by atoms with Crippen LogP contribution in [0, 0.1) is 28.9 Å². The summed E-state index contributed by atoms with van der Waals surface area (Å²) in [5, 5.41) is 0. The van der Waals surface area contributed by atoms with Crippen molar-refractivity contribution in [3.05, 3.63) is 35.4 Å². The molecule has 0 bridgehead atoms. The molecule has 1 saturated carbocycles. The number of rotatable bonds is 8. The van der Waals surface area contributed by atoms with Crippen molar-refractivity contribution in [1.82, 2.24) is 14.7 Å². The van der Waals surface area contributed by atoms with E-state index in [2.05, 4.69) is 49.3 Å². The summed E-state index contributed by atoms with van der Waals surface area (Å²) in [6, 6.07) is 3.85. The molecule has 1 aromatic carbocycles. The van der Waals surface area contributed by atoms with E-state index < -0.39 is 11.6 Å². The third kappa shape index (κ3) is 6.43. The van der Waals surface area contributed by atoms with E-state index in [0.29, 0.717) is 24.1 Å². The first kappa shape index (κ1) is 29.5. The standard InChI is InChI=1S/C32H51F2N3O/c1-6-35(7-2)18-15-32(24-11-9-8-10-12-24)16-19-36(20-17-32)30(38)28-23-37(31(3,4)5)22-27(28)26-14-13-25(33)21-29(26)34/h13-14,21,24,27-28H,6-12,15-20,22-23H2,1-5H3/t27-,28?/m0/s1. The SMILES string of the molecule is CCN(CC)CCC1(C2CCCCC2)CCN(C(=O)C2CN(C(C)(C)C)C[C@H]2c2ccc(F)cc2F)CC1. The number of nitrogens with zero attached hydrogens (tertiary/aromatic N) is 3. The molecule has 1 aliphatic carbocycles. The minimum Gasteiger partial charge on any atom is -0.342 e. The van der Waals surface area contributed by atoms with Gasteiger partial charge in [-0.05, 0) is 95.5 Å². The summed E-state index contributed by atoms with van der Waals surface area (Å²) >= 11 is 0. The topological polar surface area (TPSA) is 26.8 Å². The summed E-state index contributed by atoms with van der Waals surface area (Å²) in [7, 11) is 0. The molecule has 2 aliphatic heterocycles. The van der Waals surface area contributed by atoms with Crippen LogP contribution in [0.3, 0.4) is 0 Å². The van der Waals surface area contributed by atoms with Crippen molar-refractivity contribution in [2.45, 2.75) is 97.4 Å². The molecule has 4 nitrogen and oxygen atoms in total. The van der Waals surface area contributed by atoms with E-state index in [4.69, 9.17) is 0 Å². The summed E-state index contributed by atoms with van der Waals surface area (Å²) in [5.74, 6) is -0.726. The van der Waals surface area contributed by atoms with Crippen molar-refractivity contribution in [3.8, 4) is 0 Å². The van der Waals surface area contributed by atoms with Gasteiger partial charge in [0.25, 0.3) is 0 Å². The van der Waals surface area contributed by atoms with Gasteiger partial charge in [0.05, 0.1) is 5.92 Å². The zero-order valence-electron chi connectivity index (χ0n) is 24.6. The number of carbonyl (C=O) groups is 1. The Morgan fingerprint density at radius 3 is 2.26 bits per heavy atom. The number of likely N-dealkylation sites (tertiary alicyclic amines) is 2. The molecule has 3 aliphatic rings. The molecule has 2 atom stereocenters. The van der Waals surface area contributed by atoms with Crippen LogP contribution in [0.5, 0.6) is 0 Å². The van der Waals surface area contributed by atoms with Crippen LogP contribution in [-0.2, 0) is 4.79 Å². The van der Waals surface area contributed by atoms with Gasteiger partial charge in [0.2, 0.25) is 5.91 Å². The Hall–Kier alpha value is -1.53. The molecule has 2 heterocycles. The molecule has 38 heavy (non-hydrogen) atoms.